The maximum absolute atomic E-state index is 10.8. The van der Waals surface area contributed by atoms with Crippen LogP contribution < -0.4 is 0 Å². The Morgan fingerprint density at radius 1 is 1.82 bits per heavy atom. The SMILES string of the molecule is CC(=O)c1nc(CO)cn1C. The maximum atomic E-state index is 10.8. The highest BCUT2D eigenvalue weighted by Crippen LogP contribution is 2.01. The van der Waals surface area contributed by atoms with E-state index in [0.29, 0.717) is 11.5 Å². The molecular formula is C7H10N2O2. The second kappa shape index (κ2) is 2.84. The molecule has 60 valence electrons. The summed E-state index contributed by atoms with van der Waals surface area (Å²) in [4.78, 5) is 14.7. The first-order chi connectivity index (χ1) is 5.15. The van der Waals surface area contributed by atoms with Crippen LogP contribution in [0.25, 0.3) is 0 Å². The molecule has 0 saturated heterocycles. The van der Waals surface area contributed by atoms with Crippen LogP contribution >= 0.6 is 0 Å². The van der Waals surface area contributed by atoms with E-state index in [-0.39, 0.29) is 12.4 Å². The first kappa shape index (κ1) is 7.94. The van der Waals surface area contributed by atoms with E-state index >= 15 is 0 Å². The van der Waals surface area contributed by atoms with Gasteiger partial charge in [-0.05, 0) is 0 Å². The number of ketones is 1. The lowest BCUT2D eigenvalue weighted by molar-refractivity contribution is 0.100. The highest BCUT2D eigenvalue weighted by atomic mass is 16.3. The van der Waals surface area contributed by atoms with Gasteiger partial charge in [0.15, 0.2) is 11.6 Å². The van der Waals surface area contributed by atoms with Gasteiger partial charge in [0, 0.05) is 20.2 Å². The number of rotatable bonds is 2. The molecule has 0 aliphatic carbocycles. The second-order valence-electron chi connectivity index (χ2n) is 2.38. The van der Waals surface area contributed by atoms with Crippen LogP contribution in [0.5, 0.6) is 0 Å². The molecule has 0 unspecified atom stereocenters. The molecule has 0 bridgehead atoms. The van der Waals surface area contributed by atoms with Crippen molar-refractivity contribution in [3.05, 3.63) is 17.7 Å². The Morgan fingerprint density at radius 2 is 2.45 bits per heavy atom. The van der Waals surface area contributed by atoms with Gasteiger partial charge in [-0.25, -0.2) is 4.98 Å². The summed E-state index contributed by atoms with van der Waals surface area (Å²) in [5.74, 6) is 0.293. The summed E-state index contributed by atoms with van der Waals surface area (Å²) in [7, 11) is 1.73. The molecule has 4 heteroatoms. The smallest absolute Gasteiger partial charge is 0.195 e. The van der Waals surface area contributed by atoms with Crippen molar-refractivity contribution in [2.24, 2.45) is 7.05 Å². The van der Waals surface area contributed by atoms with Crippen LogP contribution in [0.1, 0.15) is 23.2 Å². The van der Waals surface area contributed by atoms with Crippen LogP contribution in [0.15, 0.2) is 6.20 Å². The molecule has 0 atom stereocenters. The van der Waals surface area contributed by atoms with E-state index in [9.17, 15) is 4.79 Å². The third-order valence-corrected chi connectivity index (χ3v) is 1.40. The summed E-state index contributed by atoms with van der Waals surface area (Å²) in [5.41, 5.74) is 0.526. The van der Waals surface area contributed by atoms with E-state index < -0.39 is 0 Å². The highest BCUT2D eigenvalue weighted by molar-refractivity contribution is 5.90. The fourth-order valence-electron chi connectivity index (χ4n) is 0.932. The topological polar surface area (TPSA) is 55.1 Å². The van der Waals surface area contributed by atoms with Crippen molar-refractivity contribution in [1.29, 1.82) is 0 Å². The Morgan fingerprint density at radius 3 is 2.73 bits per heavy atom. The number of nitrogens with zero attached hydrogens (tertiary/aromatic N) is 2. The monoisotopic (exact) mass is 154 g/mol. The molecule has 0 radical (unpaired) electrons. The van der Waals surface area contributed by atoms with Crippen molar-refractivity contribution >= 4 is 5.78 Å². The number of aliphatic hydroxyl groups excluding tert-OH is 1. The molecular weight excluding hydrogens is 144 g/mol. The average molecular weight is 154 g/mol. The van der Waals surface area contributed by atoms with Crippen molar-refractivity contribution in [2.45, 2.75) is 13.5 Å². The fourth-order valence-corrected chi connectivity index (χ4v) is 0.932. The Hall–Kier alpha value is -1.16. The highest BCUT2D eigenvalue weighted by Gasteiger charge is 2.07. The number of aliphatic hydroxyl groups is 1. The molecule has 0 aliphatic heterocycles. The molecule has 0 amide bonds. The predicted molar refractivity (Wildman–Crippen MR) is 39.1 cm³/mol. The van der Waals surface area contributed by atoms with E-state index in [0.717, 1.165) is 0 Å². The predicted octanol–water partition coefficient (Wildman–Crippen LogP) is 0.115. The number of hydrogen-bond donors (Lipinski definition) is 1. The Labute approximate surface area is 64.5 Å². The average Bonchev–Trinajstić information content (AvgIpc) is 2.30. The Kier molecular flexibility index (Phi) is 2.05. The zero-order valence-electron chi connectivity index (χ0n) is 6.53. The number of hydrogen-bond acceptors (Lipinski definition) is 3. The summed E-state index contributed by atoms with van der Waals surface area (Å²) in [6.07, 6.45) is 1.64. The van der Waals surface area contributed by atoms with Crippen molar-refractivity contribution in [2.75, 3.05) is 0 Å². The summed E-state index contributed by atoms with van der Waals surface area (Å²) in [5, 5.41) is 8.67. The molecule has 0 fully saturated rings. The van der Waals surface area contributed by atoms with Crippen LogP contribution in [-0.4, -0.2) is 20.4 Å². The third-order valence-electron chi connectivity index (χ3n) is 1.40. The molecule has 1 N–H and O–H groups in total. The van der Waals surface area contributed by atoms with Gasteiger partial charge in [0.25, 0.3) is 0 Å². The fraction of sp³-hybridized carbons (Fsp3) is 0.429. The lowest BCUT2D eigenvalue weighted by Crippen LogP contribution is -2.02. The van der Waals surface area contributed by atoms with E-state index in [1.807, 2.05) is 0 Å². The van der Waals surface area contributed by atoms with Gasteiger partial charge >= 0.3 is 0 Å². The second-order valence-corrected chi connectivity index (χ2v) is 2.38. The molecule has 1 aromatic heterocycles. The van der Waals surface area contributed by atoms with Gasteiger partial charge in [0.2, 0.25) is 0 Å². The van der Waals surface area contributed by atoms with Crippen molar-refractivity contribution in [3.63, 3.8) is 0 Å². The summed E-state index contributed by atoms with van der Waals surface area (Å²) in [6, 6.07) is 0. The summed E-state index contributed by atoms with van der Waals surface area (Å²) in [6.45, 7) is 1.32. The van der Waals surface area contributed by atoms with Gasteiger partial charge in [-0.1, -0.05) is 0 Å². The molecule has 1 aromatic rings. The molecule has 11 heavy (non-hydrogen) atoms. The zero-order valence-corrected chi connectivity index (χ0v) is 6.53. The van der Waals surface area contributed by atoms with Gasteiger partial charge in [0.1, 0.15) is 0 Å². The molecule has 0 aliphatic rings. The van der Waals surface area contributed by atoms with Crippen molar-refractivity contribution in [3.8, 4) is 0 Å². The van der Waals surface area contributed by atoms with E-state index in [2.05, 4.69) is 4.98 Å². The van der Waals surface area contributed by atoms with Gasteiger partial charge in [0.05, 0.1) is 12.3 Å². The molecule has 0 saturated carbocycles. The molecule has 1 heterocycles. The van der Waals surface area contributed by atoms with Crippen LogP contribution in [0.3, 0.4) is 0 Å². The number of carbonyl (C=O) groups excluding carboxylic acids is 1. The molecule has 4 nitrogen and oxygen atoms in total. The number of aromatic nitrogens is 2. The van der Waals surface area contributed by atoms with Crippen LogP contribution in [0.4, 0.5) is 0 Å². The number of carbonyl (C=O) groups is 1. The Bertz CT molecular complexity index is 278. The maximum Gasteiger partial charge on any atom is 0.195 e. The lowest BCUT2D eigenvalue weighted by Gasteiger charge is -1.92. The summed E-state index contributed by atoms with van der Waals surface area (Å²) >= 11 is 0. The van der Waals surface area contributed by atoms with E-state index in [1.54, 1.807) is 17.8 Å². The van der Waals surface area contributed by atoms with Crippen LogP contribution in [0.2, 0.25) is 0 Å². The van der Waals surface area contributed by atoms with Crippen LogP contribution in [-0.2, 0) is 13.7 Å². The number of aryl methyl sites for hydroxylation is 1. The van der Waals surface area contributed by atoms with Crippen molar-refractivity contribution < 1.29 is 9.90 Å². The van der Waals surface area contributed by atoms with E-state index in [1.165, 1.54) is 6.92 Å². The normalized spacial score (nSPS) is 10.1. The first-order valence-corrected chi connectivity index (χ1v) is 3.29. The largest absolute Gasteiger partial charge is 0.390 e. The minimum absolute atomic E-state index is 0.0906. The van der Waals surface area contributed by atoms with E-state index in [4.69, 9.17) is 5.11 Å². The minimum Gasteiger partial charge on any atom is -0.390 e. The first-order valence-electron chi connectivity index (χ1n) is 3.29. The van der Waals surface area contributed by atoms with Gasteiger partial charge in [-0.3, -0.25) is 4.79 Å². The summed E-state index contributed by atoms with van der Waals surface area (Å²) < 4.78 is 1.61. The standard InChI is InChI=1S/C7H10N2O2/c1-5(11)7-8-6(4-10)3-9(7)2/h3,10H,4H2,1-2H3. The van der Waals surface area contributed by atoms with Crippen molar-refractivity contribution in [1.82, 2.24) is 9.55 Å². The third kappa shape index (κ3) is 1.46. The quantitative estimate of drug-likeness (QED) is 0.615. The van der Waals surface area contributed by atoms with Gasteiger partial charge in [-0.2, -0.15) is 0 Å². The van der Waals surface area contributed by atoms with Crippen LogP contribution in [0, 0.1) is 0 Å². The lowest BCUT2D eigenvalue weighted by atomic mass is 10.4. The zero-order chi connectivity index (χ0) is 8.43. The molecule has 0 spiro atoms. The molecule has 1 rings (SSSR count). The number of Topliss-reactive ketones (excluding diaryl/α,β-unsaturated/α-hetero) is 1. The Balaban J connectivity index is 3.07. The number of imidazole rings is 1. The van der Waals surface area contributed by atoms with Gasteiger partial charge in [-0.15, -0.1) is 0 Å². The van der Waals surface area contributed by atoms with Gasteiger partial charge < -0.3 is 9.67 Å². The minimum atomic E-state index is -0.124. The molecule has 0 aromatic carbocycles.